The lowest BCUT2D eigenvalue weighted by molar-refractivity contribution is 0.226. The molecule has 0 saturated heterocycles. The molecule has 2 N–H and O–H groups in total. The Kier molecular flexibility index (Phi) is 5.85. The lowest BCUT2D eigenvalue weighted by Gasteiger charge is -2.20. The highest BCUT2D eigenvalue weighted by Gasteiger charge is 2.12. The number of aromatic nitrogens is 2. The molecule has 0 saturated carbocycles. The number of halogens is 1. The minimum atomic E-state index is 0.169. The van der Waals surface area contributed by atoms with Gasteiger partial charge >= 0.3 is 0 Å². The van der Waals surface area contributed by atoms with Crippen molar-refractivity contribution in [3.05, 3.63) is 16.5 Å². The zero-order chi connectivity index (χ0) is 12.8. The number of nitrogens with one attached hydrogen (secondary N) is 1. The van der Waals surface area contributed by atoms with Gasteiger partial charge in [-0.25, -0.2) is 9.97 Å². The molecule has 1 aromatic heterocycles. The number of aliphatic hydroxyl groups excluding tert-OH is 1. The molecule has 5 heteroatoms. The summed E-state index contributed by atoms with van der Waals surface area (Å²) in [5.74, 6) is 1.84. The molecule has 1 heterocycles. The Bertz CT molecular complexity index is 360. The van der Waals surface area contributed by atoms with Crippen LogP contribution in [0.1, 0.15) is 33.0 Å². The molecule has 0 aliphatic rings. The molecule has 0 fully saturated rings. The van der Waals surface area contributed by atoms with E-state index in [-0.39, 0.29) is 18.6 Å². The van der Waals surface area contributed by atoms with Crippen LogP contribution in [0.15, 0.2) is 10.7 Å². The van der Waals surface area contributed by atoms with Gasteiger partial charge in [0.2, 0.25) is 0 Å². The summed E-state index contributed by atoms with van der Waals surface area (Å²) in [5.41, 5.74) is 0. The van der Waals surface area contributed by atoms with Crippen molar-refractivity contribution in [1.29, 1.82) is 0 Å². The number of nitrogens with zero attached hydrogens (tertiary/aromatic N) is 2. The molecule has 4 nitrogen and oxygen atoms in total. The summed E-state index contributed by atoms with van der Waals surface area (Å²) < 4.78 is 0.794. The first-order valence-electron chi connectivity index (χ1n) is 5.97. The minimum absolute atomic E-state index is 0.169. The molecule has 2 unspecified atom stereocenters. The SMILES string of the molecule is CCCc1nc(Br)cc(NC(C)C(C)CO)n1. The van der Waals surface area contributed by atoms with E-state index in [1.807, 2.05) is 19.9 Å². The molecular formula is C12H20BrN3O. The molecule has 0 spiro atoms. The van der Waals surface area contributed by atoms with Gasteiger partial charge in [0, 0.05) is 25.1 Å². The molecule has 0 aliphatic carbocycles. The van der Waals surface area contributed by atoms with E-state index in [1.165, 1.54) is 0 Å². The maximum Gasteiger partial charge on any atom is 0.132 e. The third-order valence-corrected chi connectivity index (χ3v) is 3.14. The molecule has 0 bridgehead atoms. The third kappa shape index (κ3) is 4.60. The van der Waals surface area contributed by atoms with Crippen LogP contribution < -0.4 is 5.32 Å². The Hall–Kier alpha value is -0.680. The van der Waals surface area contributed by atoms with E-state index < -0.39 is 0 Å². The average Bonchev–Trinajstić information content (AvgIpc) is 2.27. The van der Waals surface area contributed by atoms with Crippen LogP contribution in [0.2, 0.25) is 0 Å². The van der Waals surface area contributed by atoms with E-state index in [4.69, 9.17) is 5.11 Å². The topological polar surface area (TPSA) is 58.0 Å². The van der Waals surface area contributed by atoms with Crippen molar-refractivity contribution >= 4 is 21.7 Å². The van der Waals surface area contributed by atoms with E-state index >= 15 is 0 Å². The van der Waals surface area contributed by atoms with Gasteiger partial charge in [-0.15, -0.1) is 0 Å². The molecule has 96 valence electrons. The van der Waals surface area contributed by atoms with Crippen LogP contribution >= 0.6 is 15.9 Å². The largest absolute Gasteiger partial charge is 0.396 e. The highest BCUT2D eigenvalue weighted by atomic mass is 79.9. The lowest BCUT2D eigenvalue weighted by atomic mass is 10.1. The van der Waals surface area contributed by atoms with Crippen molar-refractivity contribution in [3.8, 4) is 0 Å². The van der Waals surface area contributed by atoms with Crippen LogP contribution in [0.25, 0.3) is 0 Å². The summed E-state index contributed by atoms with van der Waals surface area (Å²) in [6, 6.07) is 2.04. The molecule has 1 aromatic rings. The normalized spacial score (nSPS) is 14.4. The second kappa shape index (κ2) is 6.91. The number of anilines is 1. The summed E-state index contributed by atoms with van der Waals surface area (Å²) in [6.07, 6.45) is 1.90. The first-order chi connectivity index (χ1) is 8.06. The minimum Gasteiger partial charge on any atom is -0.396 e. The predicted octanol–water partition coefficient (Wildman–Crippen LogP) is 2.62. The van der Waals surface area contributed by atoms with Crippen molar-refractivity contribution < 1.29 is 5.11 Å². The Morgan fingerprint density at radius 3 is 2.71 bits per heavy atom. The fourth-order valence-electron chi connectivity index (χ4n) is 1.41. The van der Waals surface area contributed by atoms with Crippen LogP contribution in [0.3, 0.4) is 0 Å². The maximum atomic E-state index is 9.09. The Morgan fingerprint density at radius 1 is 1.41 bits per heavy atom. The number of aliphatic hydroxyl groups is 1. The van der Waals surface area contributed by atoms with Crippen molar-refractivity contribution in [2.24, 2.45) is 5.92 Å². The van der Waals surface area contributed by atoms with Crippen LogP contribution in [0.5, 0.6) is 0 Å². The van der Waals surface area contributed by atoms with Crippen LogP contribution in [0.4, 0.5) is 5.82 Å². The maximum absolute atomic E-state index is 9.09. The van der Waals surface area contributed by atoms with Gasteiger partial charge < -0.3 is 10.4 Å². The smallest absolute Gasteiger partial charge is 0.132 e. The first-order valence-corrected chi connectivity index (χ1v) is 6.77. The number of hydrogen-bond donors (Lipinski definition) is 2. The summed E-state index contributed by atoms with van der Waals surface area (Å²) in [7, 11) is 0. The van der Waals surface area contributed by atoms with E-state index in [2.05, 4.69) is 38.1 Å². The van der Waals surface area contributed by atoms with Gasteiger partial charge in [0.15, 0.2) is 0 Å². The van der Waals surface area contributed by atoms with Gasteiger partial charge in [-0.2, -0.15) is 0 Å². The summed E-state index contributed by atoms with van der Waals surface area (Å²) in [4.78, 5) is 8.76. The van der Waals surface area contributed by atoms with Crippen molar-refractivity contribution in [2.45, 2.75) is 39.7 Å². The molecule has 0 radical (unpaired) electrons. The number of rotatable bonds is 6. The Balaban J connectivity index is 2.76. The van der Waals surface area contributed by atoms with Gasteiger partial charge in [-0.1, -0.05) is 13.8 Å². The predicted molar refractivity (Wildman–Crippen MR) is 73.1 cm³/mol. The Morgan fingerprint density at radius 2 is 2.12 bits per heavy atom. The quantitative estimate of drug-likeness (QED) is 0.793. The summed E-state index contributed by atoms with van der Waals surface area (Å²) >= 11 is 3.39. The monoisotopic (exact) mass is 301 g/mol. The van der Waals surface area contributed by atoms with E-state index in [1.54, 1.807) is 0 Å². The standard InChI is InChI=1S/C12H20BrN3O/c1-4-5-11-15-10(13)6-12(16-11)14-9(3)8(2)7-17/h6,8-9,17H,4-5,7H2,1-3H3,(H,14,15,16). The highest BCUT2D eigenvalue weighted by Crippen LogP contribution is 2.16. The zero-order valence-corrected chi connectivity index (χ0v) is 12.2. The van der Waals surface area contributed by atoms with Crippen LogP contribution in [-0.4, -0.2) is 27.7 Å². The fourth-order valence-corrected chi connectivity index (χ4v) is 1.83. The lowest BCUT2D eigenvalue weighted by Crippen LogP contribution is -2.26. The highest BCUT2D eigenvalue weighted by molar-refractivity contribution is 9.10. The van der Waals surface area contributed by atoms with Crippen molar-refractivity contribution in [2.75, 3.05) is 11.9 Å². The second-order valence-electron chi connectivity index (χ2n) is 4.34. The van der Waals surface area contributed by atoms with Gasteiger partial charge in [0.05, 0.1) is 0 Å². The molecule has 0 aliphatic heterocycles. The fraction of sp³-hybridized carbons (Fsp3) is 0.667. The third-order valence-electron chi connectivity index (χ3n) is 2.73. The molecular weight excluding hydrogens is 282 g/mol. The average molecular weight is 302 g/mol. The summed E-state index contributed by atoms with van der Waals surface area (Å²) in [6.45, 7) is 6.31. The molecule has 0 amide bonds. The van der Waals surface area contributed by atoms with Gasteiger partial charge in [0.25, 0.3) is 0 Å². The molecule has 1 rings (SSSR count). The van der Waals surface area contributed by atoms with Gasteiger partial charge in [-0.05, 0) is 35.2 Å². The first kappa shape index (κ1) is 14.4. The Labute approximate surface area is 111 Å². The molecule has 17 heavy (non-hydrogen) atoms. The van der Waals surface area contributed by atoms with Gasteiger partial charge in [0.1, 0.15) is 16.2 Å². The van der Waals surface area contributed by atoms with Crippen molar-refractivity contribution in [3.63, 3.8) is 0 Å². The number of aryl methyl sites for hydroxylation is 1. The van der Waals surface area contributed by atoms with Crippen molar-refractivity contribution in [1.82, 2.24) is 9.97 Å². The van der Waals surface area contributed by atoms with Crippen LogP contribution in [0, 0.1) is 5.92 Å². The van der Waals surface area contributed by atoms with E-state index in [9.17, 15) is 0 Å². The van der Waals surface area contributed by atoms with E-state index in [0.717, 1.165) is 29.1 Å². The van der Waals surface area contributed by atoms with Gasteiger partial charge in [-0.3, -0.25) is 0 Å². The second-order valence-corrected chi connectivity index (χ2v) is 5.15. The zero-order valence-electron chi connectivity index (χ0n) is 10.6. The number of hydrogen-bond acceptors (Lipinski definition) is 4. The molecule has 2 atom stereocenters. The van der Waals surface area contributed by atoms with Crippen LogP contribution in [-0.2, 0) is 6.42 Å². The molecule has 0 aromatic carbocycles. The van der Waals surface area contributed by atoms with E-state index in [0.29, 0.717) is 0 Å². The summed E-state index contributed by atoms with van der Waals surface area (Å²) in [5, 5.41) is 12.4.